The summed E-state index contributed by atoms with van der Waals surface area (Å²) in [6, 6.07) is 7.90. The molecule has 1 aromatic heterocycles. The zero-order valence-corrected chi connectivity index (χ0v) is 9.85. The van der Waals surface area contributed by atoms with E-state index < -0.39 is 0 Å². The molecule has 0 fully saturated rings. The van der Waals surface area contributed by atoms with E-state index in [1.807, 2.05) is 28.8 Å². The van der Waals surface area contributed by atoms with Crippen LogP contribution in [-0.2, 0) is 6.54 Å². The summed E-state index contributed by atoms with van der Waals surface area (Å²) in [4.78, 5) is 11.8. The van der Waals surface area contributed by atoms with Crippen molar-refractivity contribution in [2.24, 2.45) is 0 Å². The number of para-hydroxylation sites is 1. The van der Waals surface area contributed by atoms with E-state index in [0.29, 0.717) is 5.88 Å². The minimum atomic E-state index is 0.130. The van der Waals surface area contributed by atoms with Gasteiger partial charge >= 0.3 is 4.87 Å². The lowest BCUT2D eigenvalue weighted by atomic mass is 10.3. The monoisotopic (exact) mass is 241 g/mol. The molecule has 80 valence electrons. The predicted octanol–water partition coefficient (Wildman–Crippen LogP) is 3.08. The molecular formula is C11H12ClNOS. The summed E-state index contributed by atoms with van der Waals surface area (Å²) >= 11 is 6.93. The Balaban J connectivity index is 2.33. The minimum Gasteiger partial charge on any atom is -0.299 e. The molecule has 0 saturated carbocycles. The molecule has 0 saturated heterocycles. The Morgan fingerprint density at radius 3 is 2.87 bits per heavy atom. The van der Waals surface area contributed by atoms with E-state index >= 15 is 0 Å². The van der Waals surface area contributed by atoms with Crippen LogP contribution in [0.3, 0.4) is 0 Å². The summed E-state index contributed by atoms with van der Waals surface area (Å²) < 4.78 is 2.90. The minimum absolute atomic E-state index is 0.130. The number of thiazole rings is 1. The summed E-state index contributed by atoms with van der Waals surface area (Å²) in [5.74, 6) is 0.664. The molecule has 0 spiro atoms. The van der Waals surface area contributed by atoms with Crippen LogP contribution in [0, 0.1) is 0 Å². The zero-order valence-electron chi connectivity index (χ0n) is 8.28. The Bertz CT molecular complexity index is 503. The molecule has 0 bridgehead atoms. The number of aryl methyl sites for hydroxylation is 1. The summed E-state index contributed by atoms with van der Waals surface area (Å²) in [6.45, 7) is 0.773. The van der Waals surface area contributed by atoms with Crippen LogP contribution in [0.4, 0.5) is 0 Å². The maximum atomic E-state index is 11.7. The van der Waals surface area contributed by atoms with Crippen molar-refractivity contribution in [1.29, 1.82) is 0 Å². The van der Waals surface area contributed by atoms with Crippen LogP contribution in [-0.4, -0.2) is 10.4 Å². The molecule has 0 unspecified atom stereocenters. The molecule has 0 amide bonds. The second kappa shape index (κ2) is 4.81. The van der Waals surface area contributed by atoms with Crippen molar-refractivity contribution < 1.29 is 0 Å². The van der Waals surface area contributed by atoms with Gasteiger partial charge in [0.05, 0.1) is 10.2 Å². The third kappa shape index (κ3) is 2.24. The molecule has 0 aliphatic carbocycles. The van der Waals surface area contributed by atoms with Gasteiger partial charge in [-0.3, -0.25) is 9.36 Å². The molecule has 0 aliphatic rings. The highest BCUT2D eigenvalue weighted by atomic mass is 35.5. The number of hydrogen-bond donors (Lipinski definition) is 0. The van der Waals surface area contributed by atoms with Crippen molar-refractivity contribution >= 4 is 33.2 Å². The van der Waals surface area contributed by atoms with Crippen molar-refractivity contribution in [1.82, 2.24) is 4.57 Å². The van der Waals surface area contributed by atoms with Crippen LogP contribution in [0.1, 0.15) is 12.8 Å². The molecule has 15 heavy (non-hydrogen) atoms. The van der Waals surface area contributed by atoms with Gasteiger partial charge in [-0.05, 0) is 25.0 Å². The lowest BCUT2D eigenvalue weighted by Crippen LogP contribution is -2.12. The first kappa shape index (κ1) is 10.7. The molecule has 1 aromatic carbocycles. The molecule has 2 aromatic rings. The van der Waals surface area contributed by atoms with Gasteiger partial charge in [0.15, 0.2) is 0 Å². The number of aromatic nitrogens is 1. The standard InChI is InChI=1S/C11H12ClNOS/c12-7-3-4-8-13-9-5-1-2-6-10(9)15-11(13)14/h1-2,5-6H,3-4,7-8H2. The first-order chi connectivity index (χ1) is 7.33. The summed E-state index contributed by atoms with van der Waals surface area (Å²) in [5.41, 5.74) is 1.04. The van der Waals surface area contributed by atoms with Crippen molar-refractivity contribution in [3.05, 3.63) is 33.9 Å². The second-order valence-electron chi connectivity index (χ2n) is 3.38. The topological polar surface area (TPSA) is 22.0 Å². The first-order valence-corrected chi connectivity index (χ1v) is 6.32. The molecule has 0 N–H and O–H groups in total. The van der Waals surface area contributed by atoms with E-state index in [2.05, 4.69) is 0 Å². The maximum Gasteiger partial charge on any atom is 0.308 e. The van der Waals surface area contributed by atoms with Gasteiger partial charge in [0, 0.05) is 12.4 Å². The third-order valence-electron chi connectivity index (χ3n) is 2.34. The molecular weight excluding hydrogens is 230 g/mol. The van der Waals surface area contributed by atoms with E-state index in [9.17, 15) is 4.79 Å². The highest BCUT2D eigenvalue weighted by molar-refractivity contribution is 7.16. The number of benzene rings is 1. The van der Waals surface area contributed by atoms with E-state index in [1.54, 1.807) is 0 Å². The average Bonchev–Trinajstić information content (AvgIpc) is 2.56. The Morgan fingerprint density at radius 2 is 2.07 bits per heavy atom. The van der Waals surface area contributed by atoms with Crippen molar-refractivity contribution in [2.75, 3.05) is 5.88 Å². The van der Waals surface area contributed by atoms with Gasteiger partial charge in [-0.15, -0.1) is 11.6 Å². The highest BCUT2D eigenvalue weighted by Crippen LogP contribution is 2.16. The molecule has 0 radical (unpaired) electrons. The van der Waals surface area contributed by atoms with Gasteiger partial charge in [0.1, 0.15) is 0 Å². The van der Waals surface area contributed by atoms with Crippen LogP contribution in [0.25, 0.3) is 10.2 Å². The SMILES string of the molecule is O=c1sc2ccccc2n1CCCCCl. The van der Waals surface area contributed by atoms with Crippen LogP contribution >= 0.6 is 22.9 Å². The average molecular weight is 242 g/mol. The Labute approximate surface area is 97.1 Å². The highest BCUT2D eigenvalue weighted by Gasteiger charge is 2.05. The van der Waals surface area contributed by atoms with E-state index in [0.717, 1.165) is 29.6 Å². The quantitative estimate of drug-likeness (QED) is 0.596. The Morgan fingerprint density at radius 1 is 1.27 bits per heavy atom. The van der Waals surface area contributed by atoms with Crippen LogP contribution in [0.15, 0.2) is 29.1 Å². The van der Waals surface area contributed by atoms with E-state index in [-0.39, 0.29) is 4.87 Å². The van der Waals surface area contributed by atoms with Crippen LogP contribution in [0.2, 0.25) is 0 Å². The molecule has 0 atom stereocenters. The smallest absolute Gasteiger partial charge is 0.299 e. The molecule has 4 heteroatoms. The number of unbranched alkanes of at least 4 members (excludes halogenated alkanes) is 1. The maximum absolute atomic E-state index is 11.7. The summed E-state index contributed by atoms with van der Waals surface area (Å²) in [6.07, 6.45) is 1.92. The molecule has 2 rings (SSSR count). The van der Waals surface area contributed by atoms with Crippen LogP contribution < -0.4 is 4.87 Å². The zero-order chi connectivity index (χ0) is 10.7. The first-order valence-electron chi connectivity index (χ1n) is 4.97. The van der Waals surface area contributed by atoms with Crippen molar-refractivity contribution in [2.45, 2.75) is 19.4 Å². The molecule has 2 nitrogen and oxygen atoms in total. The lowest BCUT2D eigenvalue weighted by molar-refractivity contribution is 0.643. The second-order valence-corrected chi connectivity index (χ2v) is 4.75. The lowest BCUT2D eigenvalue weighted by Gasteiger charge is -2.01. The third-order valence-corrected chi connectivity index (χ3v) is 3.57. The van der Waals surface area contributed by atoms with E-state index in [1.165, 1.54) is 11.3 Å². The van der Waals surface area contributed by atoms with Crippen LogP contribution in [0.5, 0.6) is 0 Å². The number of hydrogen-bond acceptors (Lipinski definition) is 2. The van der Waals surface area contributed by atoms with Gasteiger partial charge in [-0.25, -0.2) is 0 Å². The van der Waals surface area contributed by atoms with Gasteiger partial charge < -0.3 is 0 Å². The fourth-order valence-electron chi connectivity index (χ4n) is 1.59. The largest absolute Gasteiger partial charge is 0.308 e. The summed E-state index contributed by atoms with van der Waals surface area (Å²) in [7, 11) is 0. The number of alkyl halides is 1. The number of halogens is 1. The normalized spacial score (nSPS) is 11.0. The van der Waals surface area contributed by atoms with Gasteiger partial charge in [0.2, 0.25) is 0 Å². The predicted molar refractivity (Wildman–Crippen MR) is 66.0 cm³/mol. The van der Waals surface area contributed by atoms with Crippen molar-refractivity contribution in [3.63, 3.8) is 0 Å². The Hall–Kier alpha value is -0.800. The van der Waals surface area contributed by atoms with Gasteiger partial charge in [-0.2, -0.15) is 0 Å². The Kier molecular flexibility index (Phi) is 3.44. The fraction of sp³-hybridized carbons (Fsp3) is 0.364. The molecule has 1 heterocycles. The fourth-order valence-corrected chi connectivity index (χ4v) is 2.70. The number of fused-ring (bicyclic) bond motifs is 1. The van der Waals surface area contributed by atoms with E-state index in [4.69, 9.17) is 11.6 Å². The number of nitrogens with zero attached hydrogens (tertiary/aromatic N) is 1. The number of rotatable bonds is 4. The van der Waals surface area contributed by atoms with Crippen molar-refractivity contribution in [3.8, 4) is 0 Å². The summed E-state index contributed by atoms with van der Waals surface area (Å²) in [5, 5.41) is 0. The molecule has 0 aliphatic heterocycles. The van der Waals surface area contributed by atoms with Gasteiger partial charge in [0.25, 0.3) is 0 Å². The van der Waals surface area contributed by atoms with Gasteiger partial charge in [-0.1, -0.05) is 23.5 Å².